The summed E-state index contributed by atoms with van der Waals surface area (Å²) >= 11 is 0. The summed E-state index contributed by atoms with van der Waals surface area (Å²) < 4.78 is 32.7. The van der Waals surface area contributed by atoms with Crippen LogP contribution in [-0.2, 0) is 14.8 Å². The van der Waals surface area contributed by atoms with Crippen LogP contribution in [-0.4, -0.2) is 55.3 Å². The maximum atomic E-state index is 13.5. The summed E-state index contributed by atoms with van der Waals surface area (Å²) in [5.41, 5.74) is 1.13. The lowest BCUT2D eigenvalue weighted by Gasteiger charge is -2.36. The van der Waals surface area contributed by atoms with Gasteiger partial charge in [-0.2, -0.15) is 4.31 Å². The van der Waals surface area contributed by atoms with Crippen LogP contribution in [0.5, 0.6) is 5.75 Å². The maximum Gasteiger partial charge on any atom is 0.243 e. The summed E-state index contributed by atoms with van der Waals surface area (Å²) in [6, 6.07) is 10.5. The fourth-order valence-electron chi connectivity index (χ4n) is 4.78. The number of amides is 1. The second kappa shape index (κ2) is 10.0. The summed E-state index contributed by atoms with van der Waals surface area (Å²) in [4.78, 5) is 19.9. The van der Waals surface area contributed by atoms with E-state index in [1.165, 1.54) is 4.31 Å². The molecule has 0 N–H and O–H groups in total. The number of carbonyl (C=O) groups excluding carboxylic acids is 1. The second-order valence-corrected chi connectivity index (χ2v) is 10.5. The summed E-state index contributed by atoms with van der Waals surface area (Å²) in [5.74, 6) is 0.643. The minimum absolute atomic E-state index is 0.0778. The third-order valence-corrected chi connectivity index (χ3v) is 8.54. The highest BCUT2D eigenvalue weighted by Crippen LogP contribution is 2.33. The van der Waals surface area contributed by atoms with Gasteiger partial charge < -0.3 is 9.64 Å². The number of carbonyl (C=O) groups is 1. The average molecular weight is 458 g/mol. The first-order chi connectivity index (χ1) is 15.5. The van der Waals surface area contributed by atoms with E-state index in [1.54, 1.807) is 43.8 Å². The fourth-order valence-corrected chi connectivity index (χ4v) is 6.25. The van der Waals surface area contributed by atoms with E-state index in [9.17, 15) is 13.2 Å². The van der Waals surface area contributed by atoms with E-state index >= 15 is 0 Å². The van der Waals surface area contributed by atoms with Crippen molar-refractivity contribution in [2.45, 2.75) is 49.5 Å². The summed E-state index contributed by atoms with van der Waals surface area (Å²) in [6.07, 6.45) is 8.87. The lowest BCUT2D eigenvalue weighted by molar-refractivity contribution is -0.139. The number of ether oxygens (including phenoxy) is 1. The molecule has 1 unspecified atom stereocenters. The number of pyridine rings is 1. The van der Waals surface area contributed by atoms with E-state index in [0.717, 1.165) is 37.8 Å². The van der Waals surface area contributed by atoms with Crippen LogP contribution in [0.2, 0.25) is 0 Å². The monoisotopic (exact) mass is 457 g/mol. The molecule has 8 heteroatoms. The summed E-state index contributed by atoms with van der Waals surface area (Å²) in [7, 11) is -2.02. The number of benzene rings is 1. The van der Waals surface area contributed by atoms with Crippen molar-refractivity contribution in [3.63, 3.8) is 0 Å². The quantitative estimate of drug-likeness (QED) is 0.685. The Morgan fingerprint density at radius 2 is 1.62 bits per heavy atom. The molecule has 172 valence electrons. The molecule has 1 amide bonds. The lowest BCUT2D eigenvalue weighted by atomic mass is 9.94. The zero-order chi connectivity index (χ0) is 22.6. The predicted octanol–water partition coefficient (Wildman–Crippen LogP) is 3.63. The first-order valence-electron chi connectivity index (χ1n) is 11.4. The molecule has 0 spiro atoms. The van der Waals surface area contributed by atoms with Gasteiger partial charge in [-0.05, 0) is 67.6 Å². The SMILES string of the molecule is COc1ccc(S(=O)(=O)N2CCC(C(=O)N3CCCCCC3c3ccncc3)CC2)cc1. The van der Waals surface area contributed by atoms with E-state index in [-0.39, 0.29) is 22.8 Å². The number of nitrogens with zero attached hydrogens (tertiary/aromatic N) is 3. The molecule has 1 aromatic heterocycles. The van der Waals surface area contributed by atoms with Crippen LogP contribution in [0, 0.1) is 5.92 Å². The van der Waals surface area contributed by atoms with Gasteiger partial charge in [0.25, 0.3) is 0 Å². The van der Waals surface area contributed by atoms with E-state index in [1.807, 2.05) is 17.0 Å². The van der Waals surface area contributed by atoms with Crippen molar-refractivity contribution in [3.8, 4) is 5.75 Å². The van der Waals surface area contributed by atoms with Gasteiger partial charge in [0.05, 0.1) is 18.0 Å². The molecule has 7 nitrogen and oxygen atoms in total. The second-order valence-electron chi connectivity index (χ2n) is 8.53. The highest BCUT2D eigenvalue weighted by molar-refractivity contribution is 7.89. The van der Waals surface area contributed by atoms with Crippen LogP contribution in [0.15, 0.2) is 53.7 Å². The smallest absolute Gasteiger partial charge is 0.243 e. The maximum absolute atomic E-state index is 13.5. The van der Waals surface area contributed by atoms with Crippen molar-refractivity contribution in [3.05, 3.63) is 54.4 Å². The van der Waals surface area contributed by atoms with E-state index < -0.39 is 10.0 Å². The third kappa shape index (κ3) is 4.81. The number of piperidine rings is 1. The molecule has 2 aliphatic heterocycles. The molecular formula is C24H31N3O4S. The Bertz CT molecular complexity index is 1000. The highest BCUT2D eigenvalue weighted by Gasteiger charge is 2.36. The van der Waals surface area contributed by atoms with Crippen molar-refractivity contribution in [1.29, 1.82) is 0 Å². The first-order valence-corrected chi connectivity index (χ1v) is 12.8. The molecule has 2 aromatic rings. The number of likely N-dealkylation sites (tertiary alicyclic amines) is 1. The Morgan fingerprint density at radius 1 is 0.938 bits per heavy atom. The molecule has 0 aliphatic carbocycles. The molecule has 2 aliphatic rings. The standard InChI is InChI=1S/C24H31N3O4S/c1-31-21-6-8-22(9-7-21)32(29,30)26-17-12-20(13-18-26)24(28)27-16-4-2-3-5-23(27)19-10-14-25-15-11-19/h6-11,14-15,20,23H,2-5,12-13,16-18H2,1H3. The Morgan fingerprint density at radius 3 is 2.28 bits per heavy atom. The molecule has 0 bridgehead atoms. The number of hydrogen-bond acceptors (Lipinski definition) is 5. The van der Waals surface area contributed by atoms with Gasteiger partial charge in [-0.25, -0.2) is 8.42 Å². The van der Waals surface area contributed by atoms with Crippen molar-refractivity contribution < 1.29 is 17.9 Å². The van der Waals surface area contributed by atoms with Crippen LogP contribution in [0.4, 0.5) is 0 Å². The normalized spacial score (nSPS) is 21.2. The van der Waals surface area contributed by atoms with Gasteiger partial charge >= 0.3 is 0 Å². The summed E-state index contributed by atoms with van der Waals surface area (Å²) in [6.45, 7) is 1.48. The molecule has 4 rings (SSSR count). The molecule has 3 heterocycles. The van der Waals surface area contributed by atoms with Crippen molar-refractivity contribution in [2.75, 3.05) is 26.7 Å². The number of rotatable bonds is 5. The Kier molecular flexibility index (Phi) is 7.10. The molecule has 2 fully saturated rings. The molecular weight excluding hydrogens is 426 g/mol. The van der Waals surface area contributed by atoms with Gasteiger partial charge in [-0.1, -0.05) is 12.8 Å². The van der Waals surface area contributed by atoms with E-state index in [0.29, 0.717) is 31.7 Å². The van der Waals surface area contributed by atoms with Gasteiger partial charge in [0.2, 0.25) is 15.9 Å². The Hall–Kier alpha value is -2.45. The highest BCUT2D eigenvalue weighted by atomic mass is 32.2. The molecule has 0 radical (unpaired) electrons. The van der Waals surface area contributed by atoms with E-state index in [2.05, 4.69) is 4.98 Å². The molecule has 1 atom stereocenters. The predicted molar refractivity (Wildman–Crippen MR) is 122 cm³/mol. The fraction of sp³-hybridized carbons (Fsp3) is 0.500. The largest absolute Gasteiger partial charge is 0.497 e. The van der Waals surface area contributed by atoms with Gasteiger partial charge in [0.15, 0.2) is 0 Å². The summed E-state index contributed by atoms with van der Waals surface area (Å²) in [5, 5.41) is 0. The van der Waals surface area contributed by atoms with Gasteiger partial charge in [-0.15, -0.1) is 0 Å². The van der Waals surface area contributed by atoms with Crippen LogP contribution >= 0.6 is 0 Å². The van der Waals surface area contributed by atoms with Crippen molar-refractivity contribution in [2.24, 2.45) is 5.92 Å². The van der Waals surface area contributed by atoms with Crippen molar-refractivity contribution in [1.82, 2.24) is 14.2 Å². The number of sulfonamides is 1. The number of methoxy groups -OCH3 is 1. The lowest BCUT2D eigenvalue weighted by Crippen LogP contribution is -2.45. The van der Waals surface area contributed by atoms with Crippen LogP contribution in [0.3, 0.4) is 0 Å². The van der Waals surface area contributed by atoms with Gasteiger partial charge in [-0.3, -0.25) is 9.78 Å². The number of aromatic nitrogens is 1. The van der Waals surface area contributed by atoms with Gasteiger partial charge in [0.1, 0.15) is 5.75 Å². The zero-order valence-corrected chi connectivity index (χ0v) is 19.3. The van der Waals surface area contributed by atoms with E-state index in [4.69, 9.17) is 4.74 Å². The zero-order valence-electron chi connectivity index (χ0n) is 18.5. The van der Waals surface area contributed by atoms with Crippen molar-refractivity contribution >= 4 is 15.9 Å². The molecule has 32 heavy (non-hydrogen) atoms. The third-order valence-electron chi connectivity index (χ3n) is 6.63. The van der Waals surface area contributed by atoms with Crippen LogP contribution < -0.4 is 4.74 Å². The topological polar surface area (TPSA) is 79.8 Å². The first kappa shape index (κ1) is 22.7. The number of hydrogen-bond donors (Lipinski definition) is 0. The van der Waals surface area contributed by atoms with Gasteiger partial charge in [0, 0.05) is 37.9 Å². The van der Waals surface area contributed by atoms with Crippen LogP contribution in [0.25, 0.3) is 0 Å². The minimum atomic E-state index is -3.57. The molecule has 0 saturated carbocycles. The van der Waals surface area contributed by atoms with Crippen LogP contribution in [0.1, 0.15) is 50.1 Å². The average Bonchev–Trinajstić information content (AvgIpc) is 3.10. The minimum Gasteiger partial charge on any atom is -0.497 e. The Balaban J connectivity index is 1.44. The molecule has 1 aromatic carbocycles. The Labute approximate surface area is 190 Å². The molecule has 2 saturated heterocycles.